The van der Waals surface area contributed by atoms with E-state index in [0.29, 0.717) is 0 Å². The molecular weight excluding hydrogens is 230 g/mol. The second-order valence-electron chi connectivity index (χ2n) is 4.76. The van der Waals surface area contributed by atoms with Crippen LogP contribution in [0.5, 0.6) is 0 Å². The molecule has 0 aliphatic rings. The minimum absolute atomic E-state index is 1.07. The number of nitrogens with zero attached hydrogens (tertiary/aromatic N) is 1. The normalized spacial score (nSPS) is 10.6. The highest BCUT2D eigenvalue weighted by atomic mass is 14.9. The van der Waals surface area contributed by atoms with E-state index >= 15 is 0 Å². The molecule has 1 heteroatoms. The number of hydrogen-bond acceptors (Lipinski definition) is 0. The van der Waals surface area contributed by atoms with E-state index < -0.39 is 0 Å². The fourth-order valence-corrected chi connectivity index (χ4v) is 2.35. The van der Waals surface area contributed by atoms with Gasteiger partial charge in [0.25, 0.3) is 0 Å². The summed E-state index contributed by atoms with van der Waals surface area (Å²) >= 11 is 0. The van der Waals surface area contributed by atoms with Crippen molar-refractivity contribution in [2.24, 2.45) is 7.05 Å². The lowest BCUT2D eigenvalue weighted by Gasteiger charge is -2.09. The van der Waals surface area contributed by atoms with Crippen LogP contribution in [0.1, 0.15) is 11.1 Å². The van der Waals surface area contributed by atoms with Gasteiger partial charge in [0.05, 0.1) is 0 Å². The molecule has 1 heterocycles. The fraction of sp³-hybridized carbons (Fsp3) is 0.0556. The van der Waals surface area contributed by atoms with Crippen molar-refractivity contribution in [1.82, 2.24) is 0 Å². The Balaban J connectivity index is 2.14. The summed E-state index contributed by atoms with van der Waals surface area (Å²) in [6.07, 6.45) is 4.09. The Kier molecular flexibility index (Phi) is 2.88. The molecule has 2 aromatic carbocycles. The Morgan fingerprint density at radius 3 is 2.37 bits per heavy atom. The zero-order chi connectivity index (χ0) is 13.2. The van der Waals surface area contributed by atoms with Gasteiger partial charge in [0, 0.05) is 12.1 Å². The molecular formula is C18H16N+. The molecule has 0 spiro atoms. The van der Waals surface area contributed by atoms with Gasteiger partial charge in [-0.15, -0.1) is 0 Å². The van der Waals surface area contributed by atoms with Crippen LogP contribution in [-0.4, -0.2) is 0 Å². The van der Waals surface area contributed by atoms with Crippen LogP contribution in [0.15, 0.2) is 73.6 Å². The van der Waals surface area contributed by atoms with Crippen LogP contribution in [0.25, 0.3) is 16.3 Å². The highest BCUT2D eigenvalue weighted by Gasteiger charge is 2.07. The average Bonchev–Trinajstić information content (AvgIpc) is 2.47. The number of hydrogen-bond donors (Lipinski definition) is 0. The minimum atomic E-state index is 1.07. The maximum atomic E-state index is 4.27. The summed E-state index contributed by atoms with van der Waals surface area (Å²) in [6.45, 7) is 4.27. The Labute approximate surface area is 113 Å². The monoisotopic (exact) mass is 246 g/mol. The summed E-state index contributed by atoms with van der Waals surface area (Å²) < 4.78 is 2.03. The molecule has 3 aromatic rings. The van der Waals surface area contributed by atoms with Gasteiger partial charge < -0.3 is 0 Å². The molecule has 0 atom stereocenters. The zero-order valence-corrected chi connectivity index (χ0v) is 11.0. The van der Waals surface area contributed by atoms with E-state index in [0.717, 1.165) is 11.1 Å². The smallest absolute Gasteiger partial charge is 0.169 e. The number of pyridine rings is 1. The molecule has 0 radical (unpaired) electrons. The topological polar surface area (TPSA) is 3.88 Å². The van der Waals surface area contributed by atoms with Gasteiger partial charge in [0.15, 0.2) is 12.4 Å². The quantitative estimate of drug-likeness (QED) is 0.607. The van der Waals surface area contributed by atoms with E-state index in [9.17, 15) is 0 Å². The molecule has 0 amide bonds. The van der Waals surface area contributed by atoms with Crippen molar-refractivity contribution < 1.29 is 4.57 Å². The highest BCUT2D eigenvalue weighted by molar-refractivity contribution is 5.96. The molecule has 0 saturated heterocycles. The summed E-state index contributed by atoms with van der Waals surface area (Å²) in [4.78, 5) is 0. The first-order chi connectivity index (χ1) is 9.25. The van der Waals surface area contributed by atoms with Crippen molar-refractivity contribution in [2.45, 2.75) is 0 Å². The van der Waals surface area contributed by atoms with Crippen molar-refractivity contribution in [3.05, 3.63) is 84.7 Å². The number of rotatable bonds is 2. The number of fused-ring (bicyclic) bond motifs is 1. The first-order valence-corrected chi connectivity index (χ1v) is 6.38. The molecule has 92 valence electrons. The van der Waals surface area contributed by atoms with E-state index in [4.69, 9.17) is 0 Å². The molecule has 0 N–H and O–H groups in total. The van der Waals surface area contributed by atoms with Gasteiger partial charge in [0.2, 0.25) is 0 Å². The van der Waals surface area contributed by atoms with E-state index in [1.54, 1.807) is 0 Å². The summed E-state index contributed by atoms with van der Waals surface area (Å²) in [5.74, 6) is 0. The Morgan fingerprint density at radius 1 is 0.895 bits per heavy atom. The molecule has 0 fully saturated rings. The van der Waals surface area contributed by atoms with Crippen LogP contribution in [0, 0.1) is 0 Å². The van der Waals surface area contributed by atoms with Crippen LogP contribution in [0.3, 0.4) is 0 Å². The summed E-state index contributed by atoms with van der Waals surface area (Å²) in [7, 11) is 2.02. The van der Waals surface area contributed by atoms with E-state index in [1.165, 1.54) is 16.3 Å². The van der Waals surface area contributed by atoms with Crippen molar-refractivity contribution in [3.63, 3.8) is 0 Å². The molecule has 0 saturated carbocycles. The zero-order valence-electron chi connectivity index (χ0n) is 11.0. The third kappa shape index (κ3) is 2.15. The van der Waals surface area contributed by atoms with Gasteiger partial charge in [-0.3, -0.25) is 0 Å². The van der Waals surface area contributed by atoms with Gasteiger partial charge >= 0.3 is 0 Å². The first-order valence-electron chi connectivity index (χ1n) is 6.38. The average molecular weight is 246 g/mol. The van der Waals surface area contributed by atoms with Crippen LogP contribution < -0.4 is 4.57 Å². The van der Waals surface area contributed by atoms with Crippen molar-refractivity contribution in [2.75, 3.05) is 0 Å². The van der Waals surface area contributed by atoms with Crippen molar-refractivity contribution in [1.29, 1.82) is 0 Å². The lowest BCUT2D eigenvalue weighted by molar-refractivity contribution is -0.671. The molecule has 3 rings (SSSR count). The molecule has 1 nitrogen and oxygen atoms in total. The maximum Gasteiger partial charge on any atom is 0.169 e. The van der Waals surface area contributed by atoms with E-state index in [1.807, 2.05) is 24.0 Å². The third-order valence-corrected chi connectivity index (χ3v) is 3.44. The van der Waals surface area contributed by atoms with Gasteiger partial charge in [0.1, 0.15) is 7.05 Å². The second kappa shape index (κ2) is 4.69. The summed E-state index contributed by atoms with van der Waals surface area (Å²) in [6, 6.07) is 19.0. The van der Waals surface area contributed by atoms with Gasteiger partial charge in [-0.2, -0.15) is 0 Å². The van der Waals surface area contributed by atoms with Crippen LogP contribution >= 0.6 is 0 Å². The van der Waals surface area contributed by atoms with Crippen LogP contribution in [-0.2, 0) is 7.05 Å². The second-order valence-corrected chi connectivity index (χ2v) is 4.76. The third-order valence-electron chi connectivity index (χ3n) is 3.44. The predicted molar refractivity (Wildman–Crippen MR) is 79.7 cm³/mol. The maximum absolute atomic E-state index is 4.27. The standard InChI is InChI=1S/C18H16N/c1-14(15-10-12-19(2)13-11-15)17-9-5-7-16-6-3-4-8-18(16)17/h3-13H,1H2,2H3/q+1. The molecule has 0 aliphatic carbocycles. The first kappa shape index (κ1) is 11.7. The van der Waals surface area contributed by atoms with E-state index in [-0.39, 0.29) is 0 Å². The number of benzene rings is 2. The molecule has 0 aliphatic heterocycles. The molecule has 19 heavy (non-hydrogen) atoms. The van der Waals surface area contributed by atoms with Crippen molar-refractivity contribution >= 4 is 16.3 Å². The molecule has 0 unspecified atom stereocenters. The Morgan fingerprint density at radius 2 is 1.58 bits per heavy atom. The van der Waals surface area contributed by atoms with Crippen molar-refractivity contribution in [3.8, 4) is 0 Å². The van der Waals surface area contributed by atoms with Crippen LogP contribution in [0.2, 0.25) is 0 Å². The number of aryl methyl sites for hydroxylation is 1. The predicted octanol–water partition coefficient (Wildman–Crippen LogP) is 3.73. The van der Waals surface area contributed by atoms with Gasteiger partial charge in [-0.1, -0.05) is 49.0 Å². The lowest BCUT2D eigenvalue weighted by Crippen LogP contribution is -2.25. The highest BCUT2D eigenvalue weighted by Crippen LogP contribution is 2.28. The summed E-state index contributed by atoms with van der Waals surface area (Å²) in [5, 5.41) is 2.51. The van der Waals surface area contributed by atoms with E-state index in [2.05, 4.69) is 61.2 Å². The lowest BCUT2D eigenvalue weighted by atomic mass is 9.95. The summed E-state index contributed by atoms with van der Waals surface area (Å²) in [5.41, 5.74) is 3.43. The molecule has 0 bridgehead atoms. The largest absolute Gasteiger partial charge is 0.208 e. The van der Waals surface area contributed by atoms with Crippen LogP contribution in [0.4, 0.5) is 0 Å². The Bertz CT molecular complexity index is 734. The fourth-order valence-electron chi connectivity index (χ4n) is 2.35. The Hall–Kier alpha value is -2.41. The van der Waals surface area contributed by atoms with Gasteiger partial charge in [-0.25, -0.2) is 4.57 Å². The SMILES string of the molecule is C=C(c1cc[n+](C)cc1)c1cccc2ccccc12. The number of aromatic nitrogens is 1. The minimum Gasteiger partial charge on any atom is -0.208 e. The van der Waals surface area contributed by atoms with Gasteiger partial charge in [-0.05, 0) is 27.5 Å². The molecule has 1 aromatic heterocycles.